The fourth-order valence-electron chi connectivity index (χ4n) is 1.55. The van der Waals surface area contributed by atoms with Gasteiger partial charge < -0.3 is 5.11 Å². The van der Waals surface area contributed by atoms with E-state index in [-0.39, 0.29) is 11.3 Å². The van der Waals surface area contributed by atoms with Crippen LogP contribution in [0.5, 0.6) is 0 Å². The molecule has 0 bridgehead atoms. The molecule has 6 heteroatoms. The minimum absolute atomic E-state index is 0.0652. The van der Waals surface area contributed by atoms with Gasteiger partial charge in [0.05, 0.1) is 10.5 Å². The zero-order valence-electron chi connectivity index (χ0n) is 9.65. The molecule has 0 spiro atoms. The van der Waals surface area contributed by atoms with Crippen molar-refractivity contribution in [1.29, 1.82) is 0 Å². The fraction of sp³-hybridized carbons (Fsp3) is 0. The molecule has 0 unspecified atom stereocenters. The number of benzene rings is 1. The van der Waals surface area contributed by atoms with E-state index in [9.17, 15) is 20.0 Å². The first-order valence-corrected chi connectivity index (χ1v) is 6.19. The number of carboxylic acids is 1. The molecule has 5 nitrogen and oxygen atoms in total. The lowest BCUT2D eigenvalue weighted by Crippen LogP contribution is -1.99. The predicted molar refractivity (Wildman–Crippen MR) is 72.9 cm³/mol. The van der Waals surface area contributed by atoms with Crippen LogP contribution >= 0.6 is 11.3 Å². The van der Waals surface area contributed by atoms with E-state index in [0.717, 1.165) is 4.88 Å². The number of carbonyl (C=O) groups is 1. The highest BCUT2D eigenvalue weighted by Gasteiger charge is 2.12. The number of nitro groups is 1. The van der Waals surface area contributed by atoms with Crippen molar-refractivity contribution in [3.8, 4) is 0 Å². The number of rotatable bonds is 4. The molecule has 0 amide bonds. The second-order valence-corrected chi connectivity index (χ2v) is 4.66. The molecule has 2 rings (SSSR count). The van der Waals surface area contributed by atoms with Gasteiger partial charge in [0.25, 0.3) is 5.69 Å². The first-order chi connectivity index (χ1) is 9.08. The number of aliphatic carboxylic acids is 1. The molecule has 0 saturated heterocycles. The van der Waals surface area contributed by atoms with Gasteiger partial charge in [0.1, 0.15) is 0 Å². The van der Waals surface area contributed by atoms with Crippen molar-refractivity contribution in [2.75, 3.05) is 0 Å². The van der Waals surface area contributed by atoms with Crippen LogP contribution < -0.4 is 0 Å². The molecule has 19 heavy (non-hydrogen) atoms. The number of thiophene rings is 1. The topological polar surface area (TPSA) is 80.4 Å². The molecule has 2 aromatic rings. The van der Waals surface area contributed by atoms with Crippen molar-refractivity contribution in [2.45, 2.75) is 0 Å². The van der Waals surface area contributed by atoms with Crippen LogP contribution in [0.3, 0.4) is 0 Å². The van der Waals surface area contributed by atoms with Crippen molar-refractivity contribution in [2.24, 2.45) is 0 Å². The summed E-state index contributed by atoms with van der Waals surface area (Å²) in [4.78, 5) is 22.1. The second kappa shape index (κ2) is 5.45. The average Bonchev–Trinajstić information content (AvgIpc) is 2.88. The van der Waals surface area contributed by atoms with Gasteiger partial charge in [0.2, 0.25) is 0 Å². The Labute approximate surface area is 112 Å². The summed E-state index contributed by atoms with van der Waals surface area (Å²) in [5.41, 5.74) is 0.480. The van der Waals surface area contributed by atoms with Gasteiger partial charge in [-0.15, -0.1) is 11.3 Å². The van der Waals surface area contributed by atoms with Crippen LogP contribution in [-0.2, 0) is 4.79 Å². The van der Waals surface area contributed by atoms with Gasteiger partial charge in [0, 0.05) is 17.0 Å². The molecule has 96 valence electrons. The van der Waals surface area contributed by atoms with E-state index in [4.69, 9.17) is 0 Å². The van der Waals surface area contributed by atoms with Gasteiger partial charge >= 0.3 is 5.97 Å². The quantitative estimate of drug-likeness (QED) is 0.527. The smallest absolute Gasteiger partial charge is 0.336 e. The molecule has 0 atom stereocenters. The molecule has 0 aliphatic carbocycles. The van der Waals surface area contributed by atoms with E-state index in [1.54, 1.807) is 12.1 Å². The predicted octanol–water partition coefficient (Wildman–Crippen LogP) is 3.28. The van der Waals surface area contributed by atoms with E-state index in [1.165, 1.54) is 35.6 Å². The number of hydrogen-bond donors (Lipinski definition) is 1. The molecule has 0 radical (unpaired) electrons. The van der Waals surface area contributed by atoms with Crippen LogP contribution in [0.15, 0.2) is 41.8 Å². The van der Waals surface area contributed by atoms with E-state index in [0.29, 0.717) is 5.56 Å². The zero-order valence-corrected chi connectivity index (χ0v) is 10.5. The number of carboxylic acid groups (broad SMARTS) is 1. The van der Waals surface area contributed by atoms with Gasteiger partial charge in [-0.2, -0.15) is 0 Å². The van der Waals surface area contributed by atoms with Gasteiger partial charge in [-0.1, -0.05) is 6.07 Å². The highest BCUT2D eigenvalue weighted by atomic mass is 32.1. The van der Waals surface area contributed by atoms with Crippen molar-refractivity contribution in [3.05, 3.63) is 62.3 Å². The summed E-state index contributed by atoms with van der Waals surface area (Å²) in [6, 6.07) is 9.09. The number of hydrogen-bond acceptors (Lipinski definition) is 4. The highest BCUT2D eigenvalue weighted by molar-refractivity contribution is 7.10. The summed E-state index contributed by atoms with van der Waals surface area (Å²) in [6.45, 7) is 0. The van der Waals surface area contributed by atoms with Crippen molar-refractivity contribution < 1.29 is 14.8 Å². The molecular formula is C13H9NO4S. The lowest BCUT2D eigenvalue weighted by Gasteiger charge is -2.02. The first kappa shape index (κ1) is 13.0. The highest BCUT2D eigenvalue weighted by Crippen LogP contribution is 2.23. The Hall–Kier alpha value is -2.47. The maximum atomic E-state index is 11.2. The maximum Gasteiger partial charge on any atom is 0.336 e. The van der Waals surface area contributed by atoms with E-state index >= 15 is 0 Å². The van der Waals surface area contributed by atoms with Gasteiger partial charge in [-0.3, -0.25) is 10.1 Å². The fourth-order valence-corrected chi connectivity index (χ4v) is 2.20. The Kier molecular flexibility index (Phi) is 3.72. The van der Waals surface area contributed by atoms with Crippen LogP contribution in [0.25, 0.3) is 11.6 Å². The molecule has 0 aliphatic heterocycles. The van der Waals surface area contributed by atoms with E-state index in [1.807, 2.05) is 11.4 Å². The Morgan fingerprint density at radius 3 is 2.42 bits per heavy atom. The third kappa shape index (κ3) is 3.05. The van der Waals surface area contributed by atoms with Crippen molar-refractivity contribution >= 4 is 34.6 Å². The zero-order chi connectivity index (χ0) is 13.8. The van der Waals surface area contributed by atoms with Crippen LogP contribution in [0, 0.1) is 10.1 Å². The SMILES string of the molecule is O=C(O)/C(=C/c1cccs1)c1ccc([N+](=O)[O-])cc1. The summed E-state index contributed by atoms with van der Waals surface area (Å²) in [6.07, 6.45) is 1.55. The largest absolute Gasteiger partial charge is 0.478 e. The first-order valence-electron chi connectivity index (χ1n) is 5.31. The maximum absolute atomic E-state index is 11.2. The minimum Gasteiger partial charge on any atom is -0.478 e. The second-order valence-electron chi connectivity index (χ2n) is 3.68. The molecule has 0 fully saturated rings. The summed E-state index contributed by atoms with van der Waals surface area (Å²) >= 11 is 1.42. The molecule has 1 heterocycles. The summed E-state index contributed by atoms with van der Waals surface area (Å²) < 4.78 is 0. The van der Waals surface area contributed by atoms with E-state index < -0.39 is 10.9 Å². The van der Waals surface area contributed by atoms with Crippen LogP contribution in [-0.4, -0.2) is 16.0 Å². The Bertz CT molecular complexity index is 629. The Morgan fingerprint density at radius 2 is 1.95 bits per heavy atom. The van der Waals surface area contributed by atoms with Crippen molar-refractivity contribution in [1.82, 2.24) is 0 Å². The number of nitrogens with zero attached hydrogens (tertiary/aromatic N) is 1. The van der Waals surface area contributed by atoms with Gasteiger partial charge in [-0.05, 0) is 35.2 Å². The molecular weight excluding hydrogens is 266 g/mol. The lowest BCUT2D eigenvalue weighted by atomic mass is 10.0. The molecule has 1 N–H and O–H groups in total. The normalized spacial score (nSPS) is 11.3. The molecule has 1 aromatic carbocycles. The van der Waals surface area contributed by atoms with Crippen LogP contribution in [0.4, 0.5) is 5.69 Å². The lowest BCUT2D eigenvalue weighted by molar-refractivity contribution is -0.384. The minimum atomic E-state index is -1.07. The van der Waals surface area contributed by atoms with Gasteiger partial charge in [0.15, 0.2) is 0 Å². The van der Waals surface area contributed by atoms with E-state index in [2.05, 4.69) is 0 Å². The van der Waals surface area contributed by atoms with Gasteiger partial charge in [-0.25, -0.2) is 4.79 Å². The monoisotopic (exact) mass is 275 g/mol. The van der Waals surface area contributed by atoms with Crippen LogP contribution in [0.1, 0.15) is 10.4 Å². The molecule has 1 aromatic heterocycles. The standard InChI is InChI=1S/C13H9NO4S/c15-13(16)12(8-11-2-1-7-19-11)9-3-5-10(6-4-9)14(17)18/h1-8H,(H,15,16)/b12-8+. The average molecular weight is 275 g/mol. The third-order valence-corrected chi connectivity index (χ3v) is 3.27. The number of nitro benzene ring substituents is 1. The summed E-state index contributed by atoms with van der Waals surface area (Å²) in [5, 5.41) is 21.6. The summed E-state index contributed by atoms with van der Waals surface area (Å²) in [5.74, 6) is -1.07. The molecule has 0 aliphatic rings. The summed E-state index contributed by atoms with van der Waals surface area (Å²) in [7, 11) is 0. The van der Waals surface area contributed by atoms with Crippen LogP contribution in [0.2, 0.25) is 0 Å². The third-order valence-electron chi connectivity index (χ3n) is 2.45. The Morgan fingerprint density at radius 1 is 1.26 bits per heavy atom. The Balaban J connectivity index is 2.40. The molecule has 0 saturated carbocycles. The number of non-ortho nitro benzene ring substituents is 1. The van der Waals surface area contributed by atoms with Crippen molar-refractivity contribution in [3.63, 3.8) is 0 Å².